The molecular formula is C15H32N2. The minimum absolute atomic E-state index is 0.295. The summed E-state index contributed by atoms with van der Waals surface area (Å²) in [4.78, 5) is 2.61. The standard InChI is InChI=1S/C15H32N2/c1-14(2,3)12-7-9-17(10-8-12)13(11-16)15(4,5)6/h12-13H,7-11,16H2,1-6H3. The molecule has 1 fully saturated rings. The maximum Gasteiger partial charge on any atom is 0.0266 e. The summed E-state index contributed by atoms with van der Waals surface area (Å²) in [6.07, 6.45) is 2.66. The molecule has 0 aromatic carbocycles. The first kappa shape index (κ1) is 15.0. The molecule has 0 aromatic heterocycles. The maximum atomic E-state index is 5.97. The molecule has 0 spiro atoms. The van der Waals surface area contributed by atoms with E-state index in [1.165, 1.54) is 25.9 Å². The second-order valence-corrected chi connectivity index (χ2v) is 7.79. The summed E-state index contributed by atoms with van der Waals surface area (Å²) in [5.41, 5.74) is 6.73. The lowest BCUT2D eigenvalue weighted by Gasteiger charge is -2.45. The lowest BCUT2D eigenvalue weighted by atomic mass is 9.74. The van der Waals surface area contributed by atoms with Gasteiger partial charge in [0.15, 0.2) is 0 Å². The Morgan fingerprint density at radius 3 is 1.82 bits per heavy atom. The van der Waals surface area contributed by atoms with Crippen LogP contribution in [0.4, 0.5) is 0 Å². The fourth-order valence-electron chi connectivity index (χ4n) is 3.13. The summed E-state index contributed by atoms with van der Waals surface area (Å²) < 4.78 is 0. The van der Waals surface area contributed by atoms with Crippen LogP contribution in [0.15, 0.2) is 0 Å². The van der Waals surface area contributed by atoms with Crippen molar-refractivity contribution in [3.8, 4) is 0 Å². The predicted molar refractivity (Wildman–Crippen MR) is 76.0 cm³/mol. The number of hydrogen-bond donors (Lipinski definition) is 1. The Morgan fingerprint density at radius 1 is 1.06 bits per heavy atom. The largest absolute Gasteiger partial charge is 0.329 e. The van der Waals surface area contributed by atoms with Crippen LogP contribution in [-0.4, -0.2) is 30.6 Å². The van der Waals surface area contributed by atoms with Crippen LogP contribution in [0.3, 0.4) is 0 Å². The van der Waals surface area contributed by atoms with Crippen LogP contribution in [0.25, 0.3) is 0 Å². The topological polar surface area (TPSA) is 29.3 Å². The van der Waals surface area contributed by atoms with Gasteiger partial charge in [-0.05, 0) is 42.7 Å². The van der Waals surface area contributed by atoms with Gasteiger partial charge in [0, 0.05) is 12.6 Å². The van der Waals surface area contributed by atoms with Gasteiger partial charge < -0.3 is 5.73 Å². The second-order valence-electron chi connectivity index (χ2n) is 7.79. The zero-order chi connectivity index (χ0) is 13.3. The summed E-state index contributed by atoms with van der Waals surface area (Å²) >= 11 is 0. The van der Waals surface area contributed by atoms with Crippen molar-refractivity contribution in [2.45, 2.75) is 60.4 Å². The molecule has 0 aromatic rings. The third-order valence-electron chi connectivity index (χ3n) is 4.42. The molecule has 2 nitrogen and oxygen atoms in total. The van der Waals surface area contributed by atoms with E-state index in [1.807, 2.05) is 0 Å². The highest BCUT2D eigenvalue weighted by Crippen LogP contribution is 2.36. The van der Waals surface area contributed by atoms with Crippen molar-refractivity contribution in [1.29, 1.82) is 0 Å². The van der Waals surface area contributed by atoms with Crippen molar-refractivity contribution < 1.29 is 0 Å². The molecule has 0 radical (unpaired) electrons. The fraction of sp³-hybridized carbons (Fsp3) is 1.00. The van der Waals surface area contributed by atoms with E-state index in [0.29, 0.717) is 16.9 Å². The Balaban J connectivity index is 2.57. The number of piperidine rings is 1. The summed E-state index contributed by atoms with van der Waals surface area (Å²) in [7, 11) is 0. The molecule has 102 valence electrons. The van der Waals surface area contributed by atoms with Crippen molar-refractivity contribution in [2.75, 3.05) is 19.6 Å². The van der Waals surface area contributed by atoms with E-state index in [9.17, 15) is 0 Å². The quantitative estimate of drug-likeness (QED) is 0.803. The van der Waals surface area contributed by atoms with E-state index in [2.05, 4.69) is 46.4 Å². The molecule has 1 aliphatic heterocycles. The van der Waals surface area contributed by atoms with Gasteiger partial charge in [0.05, 0.1) is 0 Å². The van der Waals surface area contributed by atoms with Crippen LogP contribution in [0.1, 0.15) is 54.4 Å². The van der Waals surface area contributed by atoms with E-state index >= 15 is 0 Å². The first-order valence-electron chi connectivity index (χ1n) is 7.10. The lowest BCUT2D eigenvalue weighted by molar-refractivity contribution is 0.0429. The average Bonchev–Trinajstić information content (AvgIpc) is 2.16. The molecule has 17 heavy (non-hydrogen) atoms. The van der Waals surface area contributed by atoms with Gasteiger partial charge in [-0.3, -0.25) is 4.90 Å². The average molecular weight is 240 g/mol. The molecule has 1 unspecified atom stereocenters. The minimum Gasteiger partial charge on any atom is -0.329 e. The van der Waals surface area contributed by atoms with Crippen LogP contribution in [0, 0.1) is 16.7 Å². The van der Waals surface area contributed by atoms with Crippen molar-refractivity contribution in [1.82, 2.24) is 4.90 Å². The summed E-state index contributed by atoms with van der Waals surface area (Å²) in [6.45, 7) is 17.3. The highest BCUT2D eigenvalue weighted by molar-refractivity contribution is 4.88. The Kier molecular flexibility index (Phi) is 4.65. The van der Waals surface area contributed by atoms with Crippen LogP contribution >= 0.6 is 0 Å². The van der Waals surface area contributed by atoms with Gasteiger partial charge >= 0.3 is 0 Å². The molecular weight excluding hydrogens is 208 g/mol. The maximum absolute atomic E-state index is 5.97. The normalized spacial score (nSPS) is 22.8. The first-order valence-corrected chi connectivity index (χ1v) is 7.10. The van der Waals surface area contributed by atoms with Crippen molar-refractivity contribution in [3.05, 3.63) is 0 Å². The van der Waals surface area contributed by atoms with E-state index < -0.39 is 0 Å². The highest BCUT2D eigenvalue weighted by Gasteiger charge is 2.34. The summed E-state index contributed by atoms with van der Waals surface area (Å²) in [5.74, 6) is 0.872. The smallest absolute Gasteiger partial charge is 0.0266 e. The van der Waals surface area contributed by atoms with Gasteiger partial charge in [-0.1, -0.05) is 41.5 Å². The van der Waals surface area contributed by atoms with Crippen molar-refractivity contribution in [2.24, 2.45) is 22.5 Å². The summed E-state index contributed by atoms with van der Waals surface area (Å²) in [5, 5.41) is 0. The minimum atomic E-state index is 0.295. The van der Waals surface area contributed by atoms with Gasteiger partial charge in [-0.2, -0.15) is 0 Å². The van der Waals surface area contributed by atoms with Crippen LogP contribution in [-0.2, 0) is 0 Å². The Bertz CT molecular complexity index is 226. The van der Waals surface area contributed by atoms with Gasteiger partial charge in [0.1, 0.15) is 0 Å². The second kappa shape index (κ2) is 5.27. The van der Waals surface area contributed by atoms with Crippen LogP contribution in [0.2, 0.25) is 0 Å². The van der Waals surface area contributed by atoms with E-state index in [4.69, 9.17) is 5.73 Å². The lowest BCUT2D eigenvalue weighted by Crippen LogP contribution is -2.52. The number of nitrogens with zero attached hydrogens (tertiary/aromatic N) is 1. The third-order valence-corrected chi connectivity index (χ3v) is 4.42. The Morgan fingerprint density at radius 2 is 1.53 bits per heavy atom. The molecule has 1 rings (SSSR count). The first-order chi connectivity index (χ1) is 7.66. The van der Waals surface area contributed by atoms with E-state index in [0.717, 1.165) is 12.5 Å². The van der Waals surface area contributed by atoms with Gasteiger partial charge in [0.2, 0.25) is 0 Å². The molecule has 1 atom stereocenters. The molecule has 0 saturated carbocycles. The monoisotopic (exact) mass is 240 g/mol. The zero-order valence-electron chi connectivity index (χ0n) is 12.7. The van der Waals surface area contributed by atoms with Crippen molar-refractivity contribution in [3.63, 3.8) is 0 Å². The number of nitrogens with two attached hydrogens (primary N) is 1. The van der Waals surface area contributed by atoms with Crippen molar-refractivity contribution >= 4 is 0 Å². The van der Waals surface area contributed by atoms with Crippen LogP contribution < -0.4 is 5.73 Å². The SMILES string of the molecule is CC(C)(C)C1CCN(C(CN)C(C)(C)C)CC1. The number of hydrogen-bond acceptors (Lipinski definition) is 2. The van der Waals surface area contributed by atoms with E-state index in [1.54, 1.807) is 0 Å². The predicted octanol–water partition coefficient (Wildman–Crippen LogP) is 3.12. The van der Waals surface area contributed by atoms with Gasteiger partial charge in [-0.15, -0.1) is 0 Å². The fourth-order valence-corrected chi connectivity index (χ4v) is 3.13. The molecule has 2 heteroatoms. The Hall–Kier alpha value is -0.0800. The molecule has 0 aliphatic carbocycles. The van der Waals surface area contributed by atoms with Gasteiger partial charge in [0.25, 0.3) is 0 Å². The molecule has 1 saturated heterocycles. The molecule has 0 amide bonds. The number of rotatable bonds is 2. The molecule has 1 aliphatic rings. The van der Waals surface area contributed by atoms with Crippen LogP contribution in [0.5, 0.6) is 0 Å². The summed E-state index contributed by atoms with van der Waals surface area (Å²) in [6, 6.07) is 0.531. The van der Waals surface area contributed by atoms with E-state index in [-0.39, 0.29) is 0 Å². The zero-order valence-corrected chi connectivity index (χ0v) is 12.7. The molecule has 0 bridgehead atoms. The van der Waals surface area contributed by atoms with Gasteiger partial charge in [-0.25, -0.2) is 0 Å². The highest BCUT2D eigenvalue weighted by atomic mass is 15.2. The molecule has 2 N–H and O–H groups in total. The molecule has 1 heterocycles. The Labute approximate surface area is 108 Å². The number of likely N-dealkylation sites (tertiary alicyclic amines) is 1. The third kappa shape index (κ3) is 3.96.